The Morgan fingerprint density at radius 3 is 2.40 bits per heavy atom. The van der Waals surface area contributed by atoms with Gasteiger partial charge in [0.25, 0.3) is 10.1 Å². The first-order valence-corrected chi connectivity index (χ1v) is 21.3. The molecule has 0 radical (unpaired) electrons. The lowest BCUT2D eigenvalue weighted by molar-refractivity contribution is -0.140. The lowest BCUT2D eigenvalue weighted by atomic mass is 10.0. The van der Waals surface area contributed by atoms with E-state index in [1.807, 2.05) is 12.2 Å². The molecule has 2 heterocycles. The summed E-state index contributed by atoms with van der Waals surface area (Å²) in [4.78, 5) is 42.7. The molecule has 1 unspecified atom stereocenters. The number of allylic oxidation sites excluding steroid dienone is 1. The van der Waals surface area contributed by atoms with Crippen molar-refractivity contribution in [2.75, 3.05) is 6.54 Å². The molecular weight excluding hydrogens is 783 g/mol. The predicted octanol–water partition coefficient (Wildman–Crippen LogP) is 6.82. The van der Waals surface area contributed by atoms with Gasteiger partial charge in [0.1, 0.15) is 29.8 Å². The van der Waals surface area contributed by atoms with Crippen molar-refractivity contribution in [3.63, 3.8) is 0 Å². The van der Waals surface area contributed by atoms with Crippen LogP contribution >= 0.6 is 23.7 Å². The van der Waals surface area contributed by atoms with Crippen LogP contribution in [0.2, 0.25) is 0 Å². The summed E-state index contributed by atoms with van der Waals surface area (Å²) in [6, 6.07) is 6.84. The average Bonchev–Trinajstić information content (AvgIpc) is 3.37. The molecule has 0 aromatic heterocycles. The first-order chi connectivity index (χ1) is 24.9. The van der Waals surface area contributed by atoms with Crippen molar-refractivity contribution in [3.8, 4) is 0 Å². The van der Waals surface area contributed by atoms with Crippen LogP contribution in [0.3, 0.4) is 0 Å². The van der Waals surface area contributed by atoms with Gasteiger partial charge in [0.2, 0.25) is 17.1 Å². The third-order valence-corrected chi connectivity index (χ3v) is 14.3. The second-order valence-electron chi connectivity index (χ2n) is 13.9. The Morgan fingerprint density at radius 2 is 1.69 bits per heavy atom. The quantitative estimate of drug-likeness (QED) is 0.168. The topological polar surface area (TPSA) is 148 Å². The monoisotopic (exact) mass is 824 g/mol. The van der Waals surface area contributed by atoms with Crippen LogP contribution < -0.4 is 10.6 Å². The molecule has 4 aliphatic rings. The molecular formula is C36H42BrF2N3O8PS+. The highest BCUT2D eigenvalue weighted by Gasteiger charge is 2.69. The van der Waals surface area contributed by atoms with Gasteiger partial charge < -0.3 is 20.3 Å². The molecule has 280 valence electrons. The number of fused-ring (bicyclic) bond motifs is 2. The van der Waals surface area contributed by atoms with Crippen molar-refractivity contribution in [2.24, 2.45) is 5.92 Å². The summed E-state index contributed by atoms with van der Waals surface area (Å²) >= 11 is 3.28. The van der Waals surface area contributed by atoms with Crippen molar-refractivity contribution in [1.82, 2.24) is 15.5 Å². The van der Waals surface area contributed by atoms with Crippen LogP contribution in [0.5, 0.6) is 0 Å². The third-order valence-electron chi connectivity index (χ3n) is 10.2. The average molecular weight is 826 g/mol. The van der Waals surface area contributed by atoms with E-state index < -0.39 is 83.0 Å². The number of halogens is 3. The Balaban J connectivity index is 1.29. The van der Waals surface area contributed by atoms with E-state index in [1.54, 1.807) is 12.1 Å². The molecule has 6 atom stereocenters. The Bertz CT molecular complexity index is 1810. The molecule has 6 rings (SSSR count). The van der Waals surface area contributed by atoms with Gasteiger partial charge >= 0.3 is 13.9 Å². The zero-order valence-corrected chi connectivity index (χ0v) is 31.8. The SMILES string of the molecule is O=C(N[C@H]1CCCCC/C=C\[C@@H]2C[C@@]2([P+](=O)Cc2c(F)cccc2F)NC(=O)[C@@H]2C[C@H](OS(=O)(=O)c3ccc(Br)cc3)CN2C1=O)OC1CCCC1. The number of carbonyl (C=O) groups excluding carboxylic acids is 3. The fraction of sp³-hybridized carbons (Fsp3) is 0.528. The van der Waals surface area contributed by atoms with Crippen LogP contribution in [-0.2, 0) is 39.4 Å². The van der Waals surface area contributed by atoms with E-state index in [2.05, 4.69) is 26.6 Å². The largest absolute Gasteiger partial charge is 0.446 e. The molecule has 11 nitrogen and oxygen atoms in total. The smallest absolute Gasteiger partial charge is 0.408 e. The Hall–Kier alpha value is -3.26. The first kappa shape index (κ1) is 38.5. The van der Waals surface area contributed by atoms with Gasteiger partial charge in [0, 0.05) is 23.9 Å². The first-order valence-electron chi connectivity index (χ1n) is 17.7. The second kappa shape index (κ2) is 16.4. The van der Waals surface area contributed by atoms with E-state index in [0.717, 1.165) is 50.7 Å². The van der Waals surface area contributed by atoms with Crippen molar-refractivity contribution < 1.29 is 45.1 Å². The highest BCUT2D eigenvalue weighted by molar-refractivity contribution is 9.10. The fourth-order valence-electron chi connectivity index (χ4n) is 7.30. The summed E-state index contributed by atoms with van der Waals surface area (Å²) in [5.74, 6) is -3.41. The molecule has 2 aliphatic heterocycles. The molecule has 16 heteroatoms. The maximum atomic E-state index is 14.6. The van der Waals surface area contributed by atoms with Gasteiger partial charge in [-0.1, -0.05) is 51.6 Å². The van der Waals surface area contributed by atoms with Crippen LogP contribution in [0.1, 0.15) is 76.2 Å². The number of alkyl carbamates (subject to hydrolysis) is 1. The Morgan fingerprint density at radius 1 is 1.00 bits per heavy atom. The number of hydrogen-bond acceptors (Lipinski definition) is 8. The Kier molecular flexibility index (Phi) is 12.1. The summed E-state index contributed by atoms with van der Waals surface area (Å²) in [7, 11) is -6.79. The van der Waals surface area contributed by atoms with Crippen LogP contribution in [0, 0.1) is 17.6 Å². The Labute approximate surface area is 311 Å². The van der Waals surface area contributed by atoms with E-state index in [9.17, 15) is 36.1 Å². The number of amides is 3. The molecule has 52 heavy (non-hydrogen) atoms. The van der Waals surface area contributed by atoms with Gasteiger partial charge in [-0.25, -0.2) is 13.6 Å². The lowest BCUT2D eigenvalue weighted by Crippen LogP contribution is -2.55. The van der Waals surface area contributed by atoms with Crippen molar-refractivity contribution in [3.05, 3.63) is 76.3 Å². The van der Waals surface area contributed by atoms with Gasteiger partial charge in [0.05, 0.1) is 22.5 Å². The van der Waals surface area contributed by atoms with E-state index in [4.69, 9.17) is 8.92 Å². The van der Waals surface area contributed by atoms with Crippen molar-refractivity contribution in [2.45, 2.75) is 111 Å². The molecule has 2 saturated carbocycles. The molecule has 0 spiro atoms. The minimum atomic E-state index is -4.32. The van der Waals surface area contributed by atoms with Gasteiger partial charge in [0.15, 0.2) is 6.16 Å². The highest BCUT2D eigenvalue weighted by atomic mass is 79.9. The second-order valence-corrected chi connectivity index (χ2v) is 18.3. The van der Waals surface area contributed by atoms with Gasteiger partial charge in [-0.15, -0.1) is 0 Å². The number of carbonyl (C=O) groups is 3. The van der Waals surface area contributed by atoms with Gasteiger partial charge in [-0.05, 0) is 81.3 Å². The van der Waals surface area contributed by atoms with E-state index >= 15 is 0 Å². The fourth-order valence-corrected chi connectivity index (χ4v) is 10.6. The van der Waals surface area contributed by atoms with Gasteiger partial charge in [-0.3, -0.25) is 13.8 Å². The van der Waals surface area contributed by atoms with E-state index in [-0.39, 0.29) is 42.4 Å². The number of hydrogen-bond donors (Lipinski definition) is 2. The van der Waals surface area contributed by atoms with Crippen molar-refractivity contribution in [1.29, 1.82) is 0 Å². The molecule has 1 saturated heterocycles. The van der Waals surface area contributed by atoms with E-state index in [1.165, 1.54) is 23.1 Å². The molecule has 0 bridgehead atoms. The van der Waals surface area contributed by atoms with Crippen LogP contribution in [0.25, 0.3) is 0 Å². The maximum Gasteiger partial charge on any atom is 0.408 e. The van der Waals surface area contributed by atoms with E-state index in [0.29, 0.717) is 17.3 Å². The number of nitrogens with zero attached hydrogens (tertiary/aromatic N) is 1. The number of rotatable bonds is 8. The normalized spacial score (nSPS) is 28.1. The maximum absolute atomic E-state index is 14.6. The zero-order chi connectivity index (χ0) is 37.0. The summed E-state index contributed by atoms with van der Waals surface area (Å²) < 4.78 is 81.7. The lowest BCUT2D eigenvalue weighted by Gasteiger charge is -2.29. The number of benzene rings is 2. The highest BCUT2D eigenvalue weighted by Crippen LogP contribution is 2.62. The molecule has 3 amide bonds. The van der Waals surface area contributed by atoms with Crippen LogP contribution in [-0.4, -0.2) is 67.3 Å². The third kappa shape index (κ3) is 8.91. The van der Waals surface area contributed by atoms with Crippen LogP contribution in [0.4, 0.5) is 13.6 Å². The van der Waals surface area contributed by atoms with Gasteiger partial charge in [-0.2, -0.15) is 8.42 Å². The predicted molar refractivity (Wildman–Crippen MR) is 191 cm³/mol. The minimum Gasteiger partial charge on any atom is -0.446 e. The summed E-state index contributed by atoms with van der Waals surface area (Å²) in [6.45, 7) is -0.286. The summed E-state index contributed by atoms with van der Waals surface area (Å²) in [5, 5.41) is 4.24. The summed E-state index contributed by atoms with van der Waals surface area (Å²) in [6.07, 6.45) is 7.56. The molecule has 2 N–H and O–H groups in total. The molecule has 2 aromatic carbocycles. The zero-order valence-electron chi connectivity index (χ0n) is 28.5. The standard InChI is InChI=1S/C36H41BrF2N3O8PS/c37-24-15-17-27(18-16-24)52(47,48)50-26-19-32-33(43)41-36(51(46)22-28-29(38)12-8-13-30(28)39)20-23(36)9-4-2-1-3-5-14-31(34(44)42(32)21-26)40-35(45)49-25-10-6-7-11-25/h4,8-9,12-13,15-18,23,25-26,31-32H,1-3,5-7,10-11,14,19-22H2,(H-,40,41,43,45)/p+1/b9-4-/t23-,26+,31+,32+,36+/m1/s1. The minimum absolute atomic E-state index is 0.117. The van der Waals surface area contributed by atoms with Crippen LogP contribution in [0.15, 0.2) is 64.0 Å². The molecule has 2 aliphatic carbocycles. The molecule has 3 fully saturated rings. The molecule has 2 aromatic rings. The van der Waals surface area contributed by atoms with Crippen molar-refractivity contribution >= 4 is 51.8 Å². The summed E-state index contributed by atoms with van der Waals surface area (Å²) in [5.41, 5.74) is -0.347. The number of ether oxygens (including phenoxy) is 1. The number of nitrogens with one attached hydrogen (secondary N) is 2.